The van der Waals surface area contributed by atoms with E-state index in [1.807, 2.05) is 0 Å². The van der Waals surface area contributed by atoms with Gasteiger partial charge in [-0.2, -0.15) is 31.6 Å². The molecule has 10 heteroatoms. The Balaban J connectivity index is 2.54. The van der Waals surface area contributed by atoms with Gasteiger partial charge in [0.05, 0.1) is 11.1 Å². The fourth-order valence-corrected chi connectivity index (χ4v) is 2.22. The minimum absolute atomic E-state index is 0.106. The third kappa shape index (κ3) is 2.34. The number of fused-ring (bicyclic) bond motifs is 3. The van der Waals surface area contributed by atoms with Gasteiger partial charge in [-0.15, -0.1) is 0 Å². The molecule has 3 aromatic heterocycles. The van der Waals surface area contributed by atoms with Gasteiger partial charge >= 0.3 is 12.4 Å². The summed E-state index contributed by atoms with van der Waals surface area (Å²) in [5.41, 5.74) is -4.55. The Hall–Kier alpha value is -2.83. The molecule has 3 heterocycles. The largest absolute Gasteiger partial charge is 0.434 e. The Bertz CT molecular complexity index is 961. The lowest BCUT2D eigenvalue weighted by Gasteiger charge is -2.16. The molecule has 0 aliphatic rings. The average Bonchev–Trinajstić information content (AvgIpc) is 2.91. The molecule has 0 fully saturated rings. The second-order valence-electron chi connectivity index (χ2n) is 4.58. The molecule has 0 aromatic carbocycles. The van der Waals surface area contributed by atoms with Gasteiger partial charge in [-0.3, -0.25) is 4.40 Å². The molecule has 3 rings (SSSR count). The van der Waals surface area contributed by atoms with E-state index in [0.717, 1.165) is 4.40 Å². The zero-order valence-corrected chi connectivity index (χ0v) is 10.9. The standard InChI is InChI=1S/C13H4F6N4/c14-12(15,16)8-4-7-6(5-20)3-9-21-1-2-23(9)11(7)22-10(8)13(17,18)19/h1-4H. The molecule has 4 nitrogen and oxygen atoms in total. The van der Waals surface area contributed by atoms with E-state index in [1.165, 1.54) is 18.5 Å². The Labute approximate surface area is 123 Å². The lowest BCUT2D eigenvalue weighted by molar-refractivity contribution is -0.164. The Morgan fingerprint density at radius 1 is 1.04 bits per heavy atom. The topological polar surface area (TPSA) is 54.0 Å². The molecule has 118 valence electrons. The van der Waals surface area contributed by atoms with Crippen LogP contribution in [0.25, 0.3) is 16.7 Å². The summed E-state index contributed by atoms with van der Waals surface area (Å²) in [5.74, 6) is 0. The molecular weight excluding hydrogens is 326 g/mol. The van der Waals surface area contributed by atoms with Crippen molar-refractivity contribution in [2.24, 2.45) is 0 Å². The van der Waals surface area contributed by atoms with Gasteiger partial charge in [0, 0.05) is 17.8 Å². The van der Waals surface area contributed by atoms with E-state index in [-0.39, 0.29) is 16.6 Å². The second kappa shape index (κ2) is 4.58. The Morgan fingerprint density at radius 3 is 2.30 bits per heavy atom. The van der Waals surface area contributed by atoms with Crippen molar-refractivity contribution in [1.29, 1.82) is 5.26 Å². The number of rotatable bonds is 0. The zero-order valence-electron chi connectivity index (χ0n) is 10.9. The molecule has 0 saturated carbocycles. The van der Waals surface area contributed by atoms with Gasteiger partial charge in [-0.1, -0.05) is 0 Å². The number of aromatic nitrogens is 3. The van der Waals surface area contributed by atoms with Crippen molar-refractivity contribution in [3.63, 3.8) is 0 Å². The highest BCUT2D eigenvalue weighted by molar-refractivity contribution is 5.86. The third-order valence-electron chi connectivity index (χ3n) is 3.16. The van der Waals surface area contributed by atoms with Crippen LogP contribution >= 0.6 is 0 Å². The molecule has 0 atom stereocenters. The van der Waals surface area contributed by atoms with Crippen molar-refractivity contribution in [3.8, 4) is 6.07 Å². The molecule has 0 spiro atoms. The molecule has 0 N–H and O–H groups in total. The van der Waals surface area contributed by atoms with Crippen molar-refractivity contribution >= 4 is 16.7 Å². The second-order valence-corrected chi connectivity index (χ2v) is 4.58. The van der Waals surface area contributed by atoms with Gasteiger partial charge in [0.15, 0.2) is 5.69 Å². The van der Waals surface area contributed by atoms with Crippen LogP contribution in [0.2, 0.25) is 0 Å². The van der Waals surface area contributed by atoms with Crippen molar-refractivity contribution in [2.45, 2.75) is 12.4 Å². The smallest absolute Gasteiger partial charge is 0.284 e. The lowest BCUT2D eigenvalue weighted by atomic mass is 10.1. The molecule has 0 aliphatic carbocycles. The van der Waals surface area contributed by atoms with Gasteiger partial charge in [0.2, 0.25) is 0 Å². The fraction of sp³-hybridized carbons (Fsp3) is 0.154. The van der Waals surface area contributed by atoms with Crippen LogP contribution in [-0.2, 0) is 12.4 Å². The number of nitrogens with zero attached hydrogens (tertiary/aromatic N) is 4. The maximum Gasteiger partial charge on any atom is 0.434 e. The van der Waals surface area contributed by atoms with Gasteiger partial charge in [-0.25, -0.2) is 9.97 Å². The SMILES string of the molecule is N#Cc1cc2nccn2c2nc(C(F)(F)F)c(C(F)(F)F)cc12. The first kappa shape index (κ1) is 15.1. The molecule has 0 amide bonds. The van der Waals surface area contributed by atoms with E-state index in [4.69, 9.17) is 5.26 Å². The highest BCUT2D eigenvalue weighted by atomic mass is 19.4. The number of nitriles is 1. The maximum atomic E-state index is 13.0. The summed E-state index contributed by atoms with van der Waals surface area (Å²) in [6.45, 7) is 0. The van der Waals surface area contributed by atoms with Crippen molar-refractivity contribution < 1.29 is 26.3 Å². The van der Waals surface area contributed by atoms with Crippen LogP contribution in [0, 0.1) is 11.3 Å². The molecule has 0 bridgehead atoms. The van der Waals surface area contributed by atoms with Crippen LogP contribution in [0.5, 0.6) is 0 Å². The van der Waals surface area contributed by atoms with Crippen LogP contribution in [0.1, 0.15) is 16.8 Å². The number of alkyl halides is 6. The predicted molar refractivity (Wildman–Crippen MR) is 65.2 cm³/mol. The summed E-state index contributed by atoms with van der Waals surface area (Å²) >= 11 is 0. The van der Waals surface area contributed by atoms with E-state index < -0.39 is 29.3 Å². The molecule has 0 unspecified atom stereocenters. The fourth-order valence-electron chi connectivity index (χ4n) is 2.22. The highest BCUT2D eigenvalue weighted by Gasteiger charge is 2.45. The number of hydrogen-bond donors (Lipinski definition) is 0. The quantitative estimate of drug-likeness (QED) is 0.589. The average molecular weight is 330 g/mol. The molecule has 3 aromatic rings. The van der Waals surface area contributed by atoms with E-state index >= 15 is 0 Å². The zero-order chi connectivity index (χ0) is 17.0. The summed E-state index contributed by atoms with van der Waals surface area (Å²) < 4.78 is 78.8. The van der Waals surface area contributed by atoms with Gasteiger partial charge < -0.3 is 0 Å². The minimum atomic E-state index is -5.30. The molecule has 0 aliphatic heterocycles. The normalized spacial score (nSPS) is 12.7. The van der Waals surface area contributed by atoms with Gasteiger partial charge in [-0.05, 0) is 12.1 Å². The van der Waals surface area contributed by atoms with Crippen LogP contribution in [0.15, 0.2) is 24.5 Å². The third-order valence-corrected chi connectivity index (χ3v) is 3.16. The number of hydrogen-bond acceptors (Lipinski definition) is 3. The van der Waals surface area contributed by atoms with Crippen LogP contribution in [0.4, 0.5) is 26.3 Å². The monoisotopic (exact) mass is 330 g/mol. The van der Waals surface area contributed by atoms with Crippen molar-refractivity contribution in [2.75, 3.05) is 0 Å². The first-order chi connectivity index (χ1) is 10.6. The summed E-state index contributed by atoms with van der Waals surface area (Å²) in [6.07, 6.45) is -8.07. The number of pyridine rings is 2. The Kier molecular flexibility index (Phi) is 3.00. The van der Waals surface area contributed by atoms with Crippen molar-refractivity contribution in [1.82, 2.24) is 14.4 Å². The molecule has 0 saturated heterocycles. The minimum Gasteiger partial charge on any atom is -0.284 e. The van der Waals surface area contributed by atoms with E-state index in [0.29, 0.717) is 6.07 Å². The molecule has 0 radical (unpaired) electrons. The van der Waals surface area contributed by atoms with E-state index in [2.05, 4.69) is 9.97 Å². The summed E-state index contributed by atoms with van der Waals surface area (Å²) in [5, 5.41) is 8.70. The van der Waals surface area contributed by atoms with Crippen LogP contribution < -0.4 is 0 Å². The van der Waals surface area contributed by atoms with Gasteiger partial charge in [0.25, 0.3) is 0 Å². The summed E-state index contributed by atoms with van der Waals surface area (Å²) in [6, 6.07) is 3.12. The van der Waals surface area contributed by atoms with E-state index in [9.17, 15) is 26.3 Å². The molecule has 23 heavy (non-hydrogen) atoms. The lowest BCUT2D eigenvalue weighted by Crippen LogP contribution is -2.19. The maximum absolute atomic E-state index is 13.0. The first-order valence-electron chi connectivity index (χ1n) is 5.98. The predicted octanol–water partition coefficient (Wildman–Crippen LogP) is 3.79. The first-order valence-corrected chi connectivity index (χ1v) is 5.98. The highest BCUT2D eigenvalue weighted by Crippen LogP contribution is 2.41. The summed E-state index contributed by atoms with van der Waals surface area (Å²) in [4.78, 5) is 6.96. The summed E-state index contributed by atoms with van der Waals surface area (Å²) in [7, 11) is 0. The van der Waals surface area contributed by atoms with Crippen molar-refractivity contribution in [3.05, 3.63) is 41.3 Å². The van der Waals surface area contributed by atoms with Gasteiger partial charge in [0.1, 0.15) is 17.4 Å². The molecular formula is C13H4F6N4. The Morgan fingerprint density at radius 2 is 1.74 bits per heavy atom. The number of halogens is 6. The number of imidazole rings is 1. The van der Waals surface area contributed by atoms with Crippen LogP contribution in [0.3, 0.4) is 0 Å². The van der Waals surface area contributed by atoms with Crippen LogP contribution in [-0.4, -0.2) is 14.4 Å². The van der Waals surface area contributed by atoms with E-state index in [1.54, 1.807) is 6.07 Å².